The molecule has 1 unspecified atom stereocenters. The van der Waals surface area contributed by atoms with Crippen molar-refractivity contribution in [2.24, 2.45) is 16.8 Å². The summed E-state index contributed by atoms with van der Waals surface area (Å²) in [6, 6.07) is 3.81. The molecular formula is C14H22N4O2. The van der Waals surface area contributed by atoms with E-state index in [0.717, 1.165) is 38.0 Å². The fourth-order valence-electron chi connectivity index (χ4n) is 2.80. The van der Waals surface area contributed by atoms with E-state index in [1.165, 1.54) is 6.42 Å². The number of hydrogen-bond acceptors (Lipinski definition) is 5. The van der Waals surface area contributed by atoms with Crippen molar-refractivity contribution in [1.29, 1.82) is 0 Å². The summed E-state index contributed by atoms with van der Waals surface area (Å²) in [7, 11) is 0. The lowest BCUT2D eigenvalue weighted by Gasteiger charge is -2.32. The first-order chi connectivity index (χ1) is 9.74. The van der Waals surface area contributed by atoms with E-state index in [2.05, 4.69) is 15.0 Å². The Morgan fingerprint density at radius 3 is 3.15 bits per heavy atom. The van der Waals surface area contributed by atoms with Gasteiger partial charge in [0.25, 0.3) is 0 Å². The van der Waals surface area contributed by atoms with Gasteiger partial charge in [0.15, 0.2) is 5.84 Å². The average molecular weight is 278 g/mol. The van der Waals surface area contributed by atoms with Gasteiger partial charge in [0, 0.05) is 25.9 Å². The second-order valence-corrected chi connectivity index (χ2v) is 5.25. The molecule has 6 heteroatoms. The molecule has 0 saturated carbocycles. The van der Waals surface area contributed by atoms with Crippen molar-refractivity contribution in [3.05, 3.63) is 29.6 Å². The molecule has 2 heterocycles. The molecule has 0 bridgehead atoms. The topological polar surface area (TPSA) is 95.0 Å². The first kappa shape index (κ1) is 14.7. The van der Waals surface area contributed by atoms with Crippen LogP contribution in [0.25, 0.3) is 0 Å². The van der Waals surface area contributed by atoms with Crippen LogP contribution in [0.3, 0.4) is 0 Å². The highest BCUT2D eigenvalue weighted by atomic mass is 16.4. The Hall–Kier alpha value is -1.66. The summed E-state index contributed by atoms with van der Waals surface area (Å²) in [5.74, 6) is 0.599. The number of piperidine rings is 1. The monoisotopic (exact) mass is 278 g/mol. The van der Waals surface area contributed by atoms with Gasteiger partial charge in [-0.05, 0) is 43.4 Å². The minimum atomic E-state index is 0.0458. The van der Waals surface area contributed by atoms with Crippen LogP contribution in [0.15, 0.2) is 23.5 Å². The Labute approximate surface area is 118 Å². The molecule has 1 fully saturated rings. The Bertz CT molecular complexity index is 462. The van der Waals surface area contributed by atoms with E-state index in [4.69, 9.17) is 16.0 Å². The van der Waals surface area contributed by atoms with Gasteiger partial charge in [-0.15, -0.1) is 0 Å². The number of oxime groups is 1. The number of amidine groups is 1. The summed E-state index contributed by atoms with van der Waals surface area (Å²) >= 11 is 0. The van der Waals surface area contributed by atoms with Gasteiger partial charge in [0.1, 0.15) is 5.69 Å². The molecule has 20 heavy (non-hydrogen) atoms. The number of aliphatic hydroxyl groups excluding tert-OH is 1. The van der Waals surface area contributed by atoms with Gasteiger partial charge in [-0.2, -0.15) is 0 Å². The van der Waals surface area contributed by atoms with Crippen LogP contribution in [0.2, 0.25) is 0 Å². The van der Waals surface area contributed by atoms with Gasteiger partial charge >= 0.3 is 0 Å². The molecule has 6 nitrogen and oxygen atoms in total. The molecule has 1 aliphatic heterocycles. The lowest BCUT2D eigenvalue weighted by Crippen LogP contribution is -2.36. The molecule has 1 atom stereocenters. The minimum Gasteiger partial charge on any atom is -0.409 e. The number of nitrogens with two attached hydrogens (primary N) is 1. The van der Waals surface area contributed by atoms with Crippen molar-refractivity contribution in [1.82, 2.24) is 9.88 Å². The molecule has 0 aromatic carbocycles. The molecule has 110 valence electrons. The van der Waals surface area contributed by atoms with Gasteiger partial charge in [-0.1, -0.05) is 11.2 Å². The molecular weight excluding hydrogens is 256 g/mol. The van der Waals surface area contributed by atoms with E-state index in [0.29, 0.717) is 11.6 Å². The van der Waals surface area contributed by atoms with Gasteiger partial charge in [0.2, 0.25) is 0 Å². The fourth-order valence-corrected chi connectivity index (χ4v) is 2.80. The van der Waals surface area contributed by atoms with Crippen molar-refractivity contribution in [3.63, 3.8) is 0 Å². The number of likely N-dealkylation sites (tertiary alicyclic amines) is 1. The third-order valence-corrected chi connectivity index (χ3v) is 3.78. The third-order valence-electron chi connectivity index (χ3n) is 3.78. The largest absolute Gasteiger partial charge is 0.409 e. The smallest absolute Gasteiger partial charge is 0.189 e. The summed E-state index contributed by atoms with van der Waals surface area (Å²) < 4.78 is 0. The first-order valence-corrected chi connectivity index (χ1v) is 6.99. The number of pyridine rings is 1. The number of aliphatic hydroxyl groups is 1. The van der Waals surface area contributed by atoms with Crippen LogP contribution < -0.4 is 5.73 Å². The highest BCUT2D eigenvalue weighted by Crippen LogP contribution is 2.21. The van der Waals surface area contributed by atoms with E-state index in [1.54, 1.807) is 6.20 Å². The maximum atomic E-state index is 9.05. The molecule has 2 rings (SSSR count). The van der Waals surface area contributed by atoms with Crippen molar-refractivity contribution in [2.45, 2.75) is 25.8 Å². The molecule has 1 aromatic rings. The van der Waals surface area contributed by atoms with Crippen LogP contribution in [0.4, 0.5) is 0 Å². The van der Waals surface area contributed by atoms with Crippen LogP contribution in [-0.2, 0) is 6.54 Å². The summed E-state index contributed by atoms with van der Waals surface area (Å²) in [4.78, 5) is 6.53. The van der Waals surface area contributed by atoms with E-state index < -0.39 is 0 Å². The Kier molecular flexibility index (Phi) is 5.31. The van der Waals surface area contributed by atoms with Gasteiger partial charge in [-0.25, -0.2) is 0 Å². The Balaban J connectivity index is 2.06. The average Bonchev–Trinajstić information content (AvgIpc) is 2.48. The third kappa shape index (κ3) is 3.68. The standard InChI is InChI=1S/C14H22N4O2/c15-14(17-20)13-12(4-1-6-16-13)10-18-7-2-3-11(9-18)5-8-19/h1,4,6,11,19-20H,2-3,5,7-10H2,(H2,15,17). The molecule has 0 spiro atoms. The predicted octanol–water partition coefficient (Wildman–Crippen LogP) is 0.770. The summed E-state index contributed by atoms with van der Waals surface area (Å²) in [5.41, 5.74) is 7.17. The summed E-state index contributed by atoms with van der Waals surface area (Å²) in [6.07, 6.45) is 4.82. The highest BCUT2D eigenvalue weighted by molar-refractivity contribution is 5.96. The van der Waals surface area contributed by atoms with Gasteiger partial charge < -0.3 is 16.0 Å². The first-order valence-electron chi connectivity index (χ1n) is 6.99. The van der Waals surface area contributed by atoms with Crippen LogP contribution in [0.1, 0.15) is 30.5 Å². The molecule has 1 saturated heterocycles. The summed E-state index contributed by atoms with van der Waals surface area (Å²) in [5, 5.41) is 20.9. The van der Waals surface area contributed by atoms with Gasteiger partial charge in [-0.3, -0.25) is 9.88 Å². The zero-order valence-corrected chi connectivity index (χ0v) is 11.6. The fraction of sp³-hybridized carbons (Fsp3) is 0.571. The maximum Gasteiger partial charge on any atom is 0.189 e. The second kappa shape index (κ2) is 7.21. The molecule has 1 aliphatic rings. The molecule has 0 amide bonds. The number of rotatable bonds is 5. The van der Waals surface area contributed by atoms with Crippen molar-refractivity contribution in [2.75, 3.05) is 19.7 Å². The van der Waals surface area contributed by atoms with E-state index in [1.807, 2.05) is 12.1 Å². The number of hydrogen-bond donors (Lipinski definition) is 3. The Morgan fingerprint density at radius 1 is 1.55 bits per heavy atom. The minimum absolute atomic E-state index is 0.0458. The van der Waals surface area contributed by atoms with Crippen molar-refractivity contribution >= 4 is 5.84 Å². The normalized spacial score (nSPS) is 21.1. The number of nitrogens with zero attached hydrogens (tertiary/aromatic N) is 3. The Morgan fingerprint density at radius 2 is 2.40 bits per heavy atom. The molecule has 1 aromatic heterocycles. The van der Waals surface area contributed by atoms with E-state index in [-0.39, 0.29) is 12.4 Å². The van der Waals surface area contributed by atoms with E-state index in [9.17, 15) is 0 Å². The highest BCUT2D eigenvalue weighted by Gasteiger charge is 2.20. The lowest BCUT2D eigenvalue weighted by atomic mass is 9.95. The zero-order valence-electron chi connectivity index (χ0n) is 11.6. The SMILES string of the molecule is N/C(=N/O)c1ncccc1CN1CCCC(CCO)C1. The number of aromatic nitrogens is 1. The van der Waals surface area contributed by atoms with Gasteiger partial charge in [0.05, 0.1) is 0 Å². The van der Waals surface area contributed by atoms with E-state index >= 15 is 0 Å². The molecule has 4 N–H and O–H groups in total. The lowest BCUT2D eigenvalue weighted by molar-refractivity contribution is 0.142. The summed E-state index contributed by atoms with van der Waals surface area (Å²) in [6.45, 7) is 3.00. The molecule has 0 radical (unpaired) electrons. The second-order valence-electron chi connectivity index (χ2n) is 5.25. The maximum absolute atomic E-state index is 9.05. The van der Waals surface area contributed by atoms with Crippen molar-refractivity contribution in [3.8, 4) is 0 Å². The zero-order chi connectivity index (χ0) is 14.4. The molecule has 0 aliphatic carbocycles. The van der Waals surface area contributed by atoms with Crippen LogP contribution in [0, 0.1) is 5.92 Å². The van der Waals surface area contributed by atoms with Crippen LogP contribution in [0.5, 0.6) is 0 Å². The van der Waals surface area contributed by atoms with Crippen molar-refractivity contribution < 1.29 is 10.3 Å². The van der Waals surface area contributed by atoms with Crippen LogP contribution >= 0.6 is 0 Å². The van der Waals surface area contributed by atoms with Crippen LogP contribution in [-0.4, -0.2) is 45.7 Å². The quantitative estimate of drug-likeness (QED) is 0.320. The predicted molar refractivity (Wildman–Crippen MR) is 76.5 cm³/mol.